The number of halogens is 1. The molecule has 0 atom stereocenters. The number of fused-ring (bicyclic) bond motifs is 3. The number of nitrogens with zero attached hydrogens (tertiary/aromatic N) is 2. The van der Waals surface area contributed by atoms with E-state index in [0.29, 0.717) is 11.1 Å². The van der Waals surface area contributed by atoms with Crippen molar-refractivity contribution in [2.75, 3.05) is 49.6 Å². The molecule has 16 heteroatoms. The molecule has 0 aromatic heterocycles. The third kappa shape index (κ3) is 11.8. The first-order valence-corrected chi connectivity index (χ1v) is 15.8. The Kier molecular flexibility index (Phi) is 19.6. The minimum absolute atomic E-state index is 0. The van der Waals surface area contributed by atoms with Crippen LogP contribution in [0.25, 0.3) is 5.76 Å². The summed E-state index contributed by atoms with van der Waals surface area (Å²) in [6.07, 6.45) is 2.26. The molecular formula is C40H38FKN2O12. The molecule has 0 saturated heterocycles. The van der Waals surface area contributed by atoms with Gasteiger partial charge >= 0.3 is 51.4 Å². The zero-order chi connectivity index (χ0) is 42.3. The van der Waals surface area contributed by atoms with Gasteiger partial charge in [0.25, 0.3) is 0 Å². The molecule has 0 amide bonds. The number of hydrogen-bond acceptors (Lipinski definition) is 14. The van der Waals surface area contributed by atoms with Crippen LogP contribution in [0.5, 0.6) is 0 Å². The molecule has 0 saturated carbocycles. The monoisotopic (exact) mass is 797 g/mol. The van der Waals surface area contributed by atoms with Gasteiger partial charge in [0.15, 0.2) is 23.6 Å². The Morgan fingerprint density at radius 1 is 0.679 bits per heavy atom. The van der Waals surface area contributed by atoms with Crippen molar-refractivity contribution >= 4 is 52.5 Å². The van der Waals surface area contributed by atoms with Crippen molar-refractivity contribution in [1.82, 2.24) is 9.80 Å². The van der Waals surface area contributed by atoms with Crippen LogP contribution in [0.1, 0.15) is 58.7 Å². The van der Waals surface area contributed by atoms with E-state index in [1.807, 2.05) is 19.0 Å². The summed E-state index contributed by atoms with van der Waals surface area (Å²) in [7, 11) is 9.37. The number of benzene rings is 3. The number of carbonyl (C=O) groups is 8. The second-order valence-corrected chi connectivity index (χ2v) is 11.6. The number of aliphatic hydroxyl groups is 1. The Labute approximate surface area is 366 Å². The molecule has 6 rings (SSSR count). The minimum atomic E-state index is -1.02. The van der Waals surface area contributed by atoms with E-state index in [4.69, 9.17) is 10.8 Å². The van der Waals surface area contributed by atoms with E-state index in [9.17, 15) is 53.0 Å². The second kappa shape index (κ2) is 23.2. The van der Waals surface area contributed by atoms with Crippen molar-refractivity contribution in [3.05, 3.63) is 135 Å². The fourth-order valence-electron chi connectivity index (χ4n) is 5.05. The summed E-state index contributed by atoms with van der Waals surface area (Å²) in [5.74, 6) is -5.61. The summed E-state index contributed by atoms with van der Waals surface area (Å²) in [5.41, 5.74) is 0.711. The number of hydrogen-bond donors (Lipinski definition) is 1. The first kappa shape index (κ1) is 47.2. The topological polar surface area (TPSA) is 205 Å². The normalized spacial score (nSPS) is 14.8. The van der Waals surface area contributed by atoms with Gasteiger partial charge in [-0.3, -0.25) is 47.6 Å². The van der Waals surface area contributed by atoms with Crippen LogP contribution in [-0.4, -0.2) is 118 Å². The quantitative estimate of drug-likeness (QED) is 0.0904. The van der Waals surface area contributed by atoms with E-state index < -0.39 is 53.2 Å². The van der Waals surface area contributed by atoms with Crippen molar-refractivity contribution in [2.45, 2.75) is 6.41 Å². The van der Waals surface area contributed by atoms with Crippen LogP contribution >= 0.6 is 0 Å². The molecule has 288 valence electrons. The smallest absolute Gasteiger partial charge is 0.869 e. The average Bonchev–Trinajstić information content (AvgIpc) is 3.18. The van der Waals surface area contributed by atoms with E-state index >= 15 is 0 Å². The van der Waals surface area contributed by atoms with Gasteiger partial charge in [0.2, 0.25) is 29.5 Å². The van der Waals surface area contributed by atoms with Crippen LogP contribution < -0.4 is 56.5 Å². The molecule has 56 heavy (non-hydrogen) atoms. The summed E-state index contributed by atoms with van der Waals surface area (Å²) >= 11 is 0. The molecule has 14 nitrogen and oxygen atoms in total. The van der Waals surface area contributed by atoms with E-state index in [1.54, 1.807) is 81.7 Å². The van der Waals surface area contributed by atoms with Gasteiger partial charge in [-0.15, -0.1) is 0 Å². The number of carbonyl (C=O) groups excluding carboxylic acids is 8. The zero-order valence-electron chi connectivity index (χ0n) is 32.7. The SMILES string of the molecule is CN(C)/C=C1/C(=O)C(=O)c2ccccc2C1=O.COC(OC)N(C)C.O=C1C=C(O)c2ccccc2C1=O.O=CC1=C([O-])C(=O)c2ccccc2C1=O.[2H]CF.[K+]. The molecule has 0 fully saturated rings. The first-order valence-electron chi connectivity index (χ1n) is 16.5. The average molecular weight is 798 g/mol. The number of Topliss-reactive ketones (excluding diaryl/α,β-unsaturated/α-hetero) is 6. The number of aliphatic hydroxyl groups excluding tert-OH is 1. The molecule has 3 aromatic carbocycles. The maximum absolute atomic E-state index is 12.0. The second-order valence-electron chi connectivity index (χ2n) is 11.6. The summed E-state index contributed by atoms with van der Waals surface area (Å²) in [5, 5.41) is 20.6. The van der Waals surface area contributed by atoms with Crippen molar-refractivity contribution in [3.8, 4) is 0 Å². The maximum atomic E-state index is 12.0. The molecule has 0 heterocycles. The summed E-state index contributed by atoms with van der Waals surface area (Å²) < 4.78 is 25.2. The minimum Gasteiger partial charge on any atom is -0.869 e. The Bertz CT molecular complexity index is 2120. The number of methoxy groups -OCH3 is 2. The van der Waals surface area contributed by atoms with Crippen LogP contribution in [0.2, 0.25) is 0 Å². The molecule has 0 aliphatic heterocycles. The number of ether oxygens (including phenoxy) is 2. The van der Waals surface area contributed by atoms with Crippen LogP contribution in [0, 0.1) is 0 Å². The van der Waals surface area contributed by atoms with Gasteiger partial charge in [0.05, 0.1) is 19.7 Å². The maximum Gasteiger partial charge on any atom is 1.00 e. The van der Waals surface area contributed by atoms with Crippen LogP contribution in [-0.2, 0) is 23.9 Å². The van der Waals surface area contributed by atoms with E-state index in [-0.39, 0.29) is 103 Å². The number of allylic oxidation sites excluding steroid dienone is 4. The summed E-state index contributed by atoms with van der Waals surface area (Å²) in [4.78, 5) is 94.8. The molecule has 0 radical (unpaired) electrons. The molecule has 1 N–H and O–H groups in total. The zero-order valence-corrected chi connectivity index (χ0v) is 34.8. The van der Waals surface area contributed by atoms with Gasteiger partial charge < -0.3 is 24.6 Å². The fourth-order valence-corrected chi connectivity index (χ4v) is 5.05. The van der Waals surface area contributed by atoms with Crippen LogP contribution in [0.3, 0.4) is 0 Å². The Balaban J connectivity index is 0.000000379. The summed E-state index contributed by atoms with van der Waals surface area (Å²) in [6, 6.07) is 18.8. The third-order valence-electron chi connectivity index (χ3n) is 7.49. The van der Waals surface area contributed by atoms with Gasteiger partial charge in [-0.1, -0.05) is 72.8 Å². The fraction of sp³-hybridized carbons (Fsp3) is 0.200. The largest absolute Gasteiger partial charge is 1.00 e. The van der Waals surface area contributed by atoms with Crippen LogP contribution in [0.4, 0.5) is 4.39 Å². The predicted octanol–water partition coefficient (Wildman–Crippen LogP) is 0.0241. The van der Waals surface area contributed by atoms with Gasteiger partial charge in [-0.25, -0.2) is 0 Å². The van der Waals surface area contributed by atoms with Crippen molar-refractivity contribution in [3.63, 3.8) is 0 Å². The summed E-state index contributed by atoms with van der Waals surface area (Å²) in [6.45, 7) is 0. The van der Waals surface area contributed by atoms with Gasteiger partial charge in [0, 0.05) is 74.0 Å². The Hall–Kier alpha value is -4.91. The van der Waals surface area contributed by atoms with Crippen molar-refractivity contribution in [2.24, 2.45) is 0 Å². The van der Waals surface area contributed by atoms with E-state index in [0.717, 1.165) is 6.08 Å². The van der Waals surface area contributed by atoms with E-state index in [1.165, 1.54) is 30.5 Å². The van der Waals surface area contributed by atoms with Gasteiger partial charge in [-0.2, -0.15) is 0 Å². The molecule has 3 aromatic rings. The van der Waals surface area contributed by atoms with Gasteiger partial charge in [-0.05, 0) is 19.9 Å². The molecule has 3 aliphatic carbocycles. The number of ketones is 7. The molecule has 0 spiro atoms. The molecule has 0 bridgehead atoms. The Morgan fingerprint density at radius 3 is 1.46 bits per heavy atom. The number of alkyl halides is 1. The van der Waals surface area contributed by atoms with Crippen LogP contribution in [0.15, 0.2) is 102 Å². The third-order valence-corrected chi connectivity index (χ3v) is 7.49. The first-order chi connectivity index (χ1) is 26.5. The number of aldehydes is 1. The predicted molar refractivity (Wildman–Crippen MR) is 195 cm³/mol. The molecule has 0 unspecified atom stereocenters. The van der Waals surface area contributed by atoms with Crippen molar-refractivity contribution in [1.29, 1.82) is 0 Å². The van der Waals surface area contributed by atoms with E-state index in [2.05, 4.69) is 0 Å². The standard InChI is InChI=1S/C13H11NO3.C11H6O4.C10H6O3.C5H13NO2.CH3F.K/c1-14(2)7-10-11(15)8-5-3-4-6-9(8)12(16)13(10)17;12-5-8-9(13)6-3-1-2-4-7(6)10(14)11(8)15;11-8-5-9(12)10(13)7-4-2-1-3-6(7)8;1-6(2)5(7-3)8-4;1-2;/h3-7H,1-2H3;1-5,15H;1-5,11H;5H,1-4H3;1H3;/q;;;;;+1/p-1/b10-7+;;;;;/i;;;;1D;. The van der Waals surface area contributed by atoms with Gasteiger partial charge in [0.1, 0.15) is 5.76 Å². The number of rotatable bonds is 5. The Morgan fingerprint density at radius 2 is 1.07 bits per heavy atom. The molecule has 3 aliphatic rings. The van der Waals surface area contributed by atoms with Crippen molar-refractivity contribution < 1.29 is 115 Å². The molecular weight excluding hydrogens is 759 g/mol.